The lowest BCUT2D eigenvalue weighted by molar-refractivity contribution is -0.114. The first-order valence-corrected chi connectivity index (χ1v) is 7.73. The van der Waals surface area contributed by atoms with Crippen LogP contribution in [0.4, 0.5) is 11.5 Å². The van der Waals surface area contributed by atoms with E-state index in [1.807, 2.05) is 0 Å². The Morgan fingerprint density at radius 2 is 1.80 bits per heavy atom. The van der Waals surface area contributed by atoms with E-state index in [2.05, 4.69) is 15.5 Å². The summed E-state index contributed by atoms with van der Waals surface area (Å²) in [5, 5.41) is 10.0. The zero-order valence-corrected chi connectivity index (χ0v) is 11.9. The van der Waals surface area contributed by atoms with Crippen molar-refractivity contribution in [2.75, 3.05) is 11.1 Å². The highest BCUT2D eigenvalue weighted by Crippen LogP contribution is 2.60. The molecule has 4 saturated carbocycles. The zero-order valence-electron chi connectivity index (χ0n) is 11.9. The topological polar surface area (TPSA) is 83.8 Å². The fraction of sp³-hybridized carbons (Fsp3) is 0.733. The predicted octanol–water partition coefficient (Wildman–Crippen LogP) is 2.49. The molecule has 0 atom stereocenters. The minimum absolute atomic E-state index is 0.125. The molecular weight excluding hydrogens is 252 g/mol. The predicted molar refractivity (Wildman–Crippen MR) is 77.1 cm³/mol. The van der Waals surface area contributed by atoms with Gasteiger partial charge in [-0.05, 0) is 55.8 Å². The van der Waals surface area contributed by atoms with Crippen LogP contribution in [-0.2, 0) is 4.79 Å². The van der Waals surface area contributed by atoms with Crippen molar-refractivity contribution in [2.45, 2.75) is 44.9 Å². The summed E-state index contributed by atoms with van der Waals surface area (Å²) in [6.07, 6.45) is 6.86. The van der Waals surface area contributed by atoms with E-state index in [-0.39, 0.29) is 5.91 Å². The number of carbonyl (C=O) groups is 1. The number of nitrogens with one attached hydrogen (secondary N) is 2. The molecule has 5 nitrogen and oxygen atoms in total. The van der Waals surface area contributed by atoms with Gasteiger partial charge < -0.3 is 11.1 Å². The van der Waals surface area contributed by atoms with Crippen LogP contribution < -0.4 is 11.1 Å². The van der Waals surface area contributed by atoms with E-state index in [0.717, 1.165) is 29.4 Å². The van der Waals surface area contributed by atoms with Gasteiger partial charge in [0.25, 0.3) is 0 Å². The Balaban J connectivity index is 1.64. The summed E-state index contributed by atoms with van der Waals surface area (Å²) >= 11 is 0. The van der Waals surface area contributed by atoms with E-state index < -0.39 is 0 Å². The van der Waals surface area contributed by atoms with Crippen molar-refractivity contribution in [3.63, 3.8) is 0 Å². The van der Waals surface area contributed by atoms with Crippen LogP contribution >= 0.6 is 0 Å². The molecule has 0 aliphatic heterocycles. The normalized spacial score (nSPS) is 38.1. The van der Waals surface area contributed by atoms with Crippen LogP contribution in [-0.4, -0.2) is 16.1 Å². The number of anilines is 2. The summed E-state index contributed by atoms with van der Waals surface area (Å²) in [5.41, 5.74) is 7.95. The summed E-state index contributed by atoms with van der Waals surface area (Å²) in [6, 6.07) is 0. The molecular formula is C15H22N4O. The van der Waals surface area contributed by atoms with Gasteiger partial charge in [-0.1, -0.05) is 0 Å². The molecule has 1 heterocycles. The number of amides is 1. The molecule has 5 rings (SSSR count). The van der Waals surface area contributed by atoms with E-state index in [0.29, 0.717) is 17.4 Å². The number of H-pyrrole nitrogens is 1. The number of nitrogens with two attached hydrogens (primary N) is 1. The largest absolute Gasteiger partial charge is 0.394 e. The maximum absolute atomic E-state index is 11.2. The third kappa shape index (κ3) is 1.75. The SMILES string of the molecule is CC(=O)Nc1n[nH]c(C2C3CC4CC(C3)CC2C4)c1N. The smallest absolute Gasteiger partial charge is 0.222 e. The molecule has 1 amide bonds. The summed E-state index contributed by atoms with van der Waals surface area (Å²) < 4.78 is 0. The van der Waals surface area contributed by atoms with Crippen molar-refractivity contribution in [1.82, 2.24) is 10.2 Å². The number of nitrogens with zero attached hydrogens (tertiary/aromatic N) is 1. The van der Waals surface area contributed by atoms with Gasteiger partial charge in [-0.3, -0.25) is 9.89 Å². The molecule has 0 spiro atoms. The first kappa shape index (κ1) is 12.2. The van der Waals surface area contributed by atoms with Gasteiger partial charge >= 0.3 is 0 Å². The van der Waals surface area contributed by atoms with E-state index in [4.69, 9.17) is 5.73 Å². The second-order valence-corrected chi connectivity index (χ2v) is 7.04. The van der Waals surface area contributed by atoms with Gasteiger partial charge in [0.05, 0.1) is 11.4 Å². The van der Waals surface area contributed by atoms with Crippen LogP contribution in [0.2, 0.25) is 0 Å². The molecule has 4 fully saturated rings. The monoisotopic (exact) mass is 274 g/mol. The summed E-state index contributed by atoms with van der Waals surface area (Å²) in [6.45, 7) is 1.48. The number of aromatic nitrogens is 2. The molecule has 0 aromatic carbocycles. The third-order valence-electron chi connectivity index (χ3n) is 5.69. The molecule has 1 aromatic rings. The van der Waals surface area contributed by atoms with E-state index >= 15 is 0 Å². The molecule has 4 aliphatic rings. The minimum Gasteiger partial charge on any atom is -0.394 e. The molecule has 4 bridgehead atoms. The average molecular weight is 274 g/mol. The highest BCUT2D eigenvalue weighted by atomic mass is 16.1. The van der Waals surface area contributed by atoms with Crippen molar-refractivity contribution >= 4 is 17.4 Å². The lowest BCUT2D eigenvalue weighted by atomic mass is 9.51. The quantitative estimate of drug-likeness (QED) is 0.774. The Labute approximate surface area is 118 Å². The van der Waals surface area contributed by atoms with Gasteiger partial charge in [-0.2, -0.15) is 5.10 Å². The van der Waals surface area contributed by atoms with Crippen LogP contribution in [0, 0.1) is 23.7 Å². The van der Waals surface area contributed by atoms with Crippen LogP contribution in [0.3, 0.4) is 0 Å². The molecule has 4 aliphatic carbocycles. The van der Waals surface area contributed by atoms with Gasteiger partial charge in [-0.15, -0.1) is 0 Å². The molecule has 1 aromatic heterocycles. The van der Waals surface area contributed by atoms with Gasteiger partial charge in [0.15, 0.2) is 5.82 Å². The summed E-state index contributed by atoms with van der Waals surface area (Å²) in [5.74, 6) is 4.33. The average Bonchev–Trinajstić information content (AvgIpc) is 2.70. The number of hydrogen-bond donors (Lipinski definition) is 3. The lowest BCUT2D eigenvalue weighted by Gasteiger charge is -2.54. The fourth-order valence-corrected chi connectivity index (χ4v) is 5.28. The highest BCUT2D eigenvalue weighted by molar-refractivity contribution is 5.91. The zero-order chi connectivity index (χ0) is 13.9. The molecule has 5 heteroatoms. The van der Waals surface area contributed by atoms with Gasteiger partial charge in [-0.25, -0.2) is 0 Å². The first-order chi connectivity index (χ1) is 9.61. The number of rotatable bonds is 2. The summed E-state index contributed by atoms with van der Waals surface area (Å²) in [4.78, 5) is 11.2. The van der Waals surface area contributed by atoms with Gasteiger partial charge in [0.2, 0.25) is 5.91 Å². The Bertz CT molecular complexity index is 522. The highest BCUT2D eigenvalue weighted by Gasteiger charge is 2.49. The van der Waals surface area contributed by atoms with Crippen molar-refractivity contribution in [1.29, 1.82) is 0 Å². The number of hydrogen-bond acceptors (Lipinski definition) is 3. The van der Waals surface area contributed by atoms with Gasteiger partial charge in [0.1, 0.15) is 0 Å². The molecule has 108 valence electrons. The Morgan fingerprint density at radius 3 is 2.35 bits per heavy atom. The first-order valence-electron chi connectivity index (χ1n) is 7.73. The standard InChI is InChI=1S/C15H22N4O/c1-7(20)17-15-13(16)14(18-19-15)12-10-3-8-2-9(5-10)6-11(12)4-8/h8-12H,2-6,16H2,1H3,(H2,17,18,19,20). The summed E-state index contributed by atoms with van der Waals surface area (Å²) in [7, 11) is 0. The van der Waals surface area contributed by atoms with Crippen LogP contribution in [0.5, 0.6) is 0 Å². The van der Waals surface area contributed by atoms with Crippen LogP contribution in [0.25, 0.3) is 0 Å². The third-order valence-corrected chi connectivity index (χ3v) is 5.69. The Hall–Kier alpha value is -1.52. The van der Waals surface area contributed by atoms with Gasteiger partial charge in [0, 0.05) is 12.8 Å². The van der Waals surface area contributed by atoms with E-state index in [1.165, 1.54) is 39.0 Å². The molecule has 0 radical (unpaired) electrons. The van der Waals surface area contributed by atoms with Crippen molar-refractivity contribution in [3.05, 3.63) is 5.69 Å². The van der Waals surface area contributed by atoms with Crippen molar-refractivity contribution in [3.8, 4) is 0 Å². The van der Waals surface area contributed by atoms with E-state index in [1.54, 1.807) is 0 Å². The van der Waals surface area contributed by atoms with Crippen LogP contribution in [0.15, 0.2) is 0 Å². The fourth-order valence-electron chi connectivity index (χ4n) is 5.28. The lowest BCUT2D eigenvalue weighted by Crippen LogP contribution is -2.44. The van der Waals surface area contributed by atoms with Crippen molar-refractivity contribution < 1.29 is 4.79 Å². The Morgan fingerprint density at radius 1 is 1.20 bits per heavy atom. The minimum atomic E-state index is -0.125. The Kier molecular flexibility index (Phi) is 2.59. The second-order valence-electron chi connectivity index (χ2n) is 7.04. The van der Waals surface area contributed by atoms with Crippen LogP contribution in [0.1, 0.15) is 50.6 Å². The molecule has 20 heavy (non-hydrogen) atoms. The number of nitrogen functional groups attached to an aromatic ring is 1. The van der Waals surface area contributed by atoms with Crippen molar-refractivity contribution in [2.24, 2.45) is 23.7 Å². The maximum atomic E-state index is 11.2. The number of aromatic amines is 1. The molecule has 4 N–H and O–H groups in total. The molecule has 0 saturated heterocycles. The maximum Gasteiger partial charge on any atom is 0.222 e. The molecule has 0 unspecified atom stereocenters. The van der Waals surface area contributed by atoms with E-state index in [9.17, 15) is 4.79 Å². The number of carbonyl (C=O) groups excluding carboxylic acids is 1. The second kappa shape index (κ2) is 4.24.